The normalized spacial score (nSPS) is 23.2. The summed E-state index contributed by atoms with van der Waals surface area (Å²) in [5.74, 6) is 0.862. The van der Waals surface area contributed by atoms with Crippen molar-refractivity contribution in [2.75, 3.05) is 18.0 Å². The first-order chi connectivity index (χ1) is 6.36. The first kappa shape index (κ1) is 8.44. The van der Waals surface area contributed by atoms with Crippen LogP contribution in [0.25, 0.3) is 0 Å². The van der Waals surface area contributed by atoms with Crippen LogP contribution in [0.2, 0.25) is 0 Å². The van der Waals surface area contributed by atoms with Crippen molar-refractivity contribution in [1.29, 1.82) is 0 Å². The van der Waals surface area contributed by atoms with Gasteiger partial charge in [0.2, 0.25) is 0 Å². The third-order valence-corrected chi connectivity index (χ3v) is 2.28. The fourth-order valence-corrected chi connectivity index (χ4v) is 1.62. The topological polar surface area (TPSA) is 49.2 Å². The SMILES string of the molecule is OC1CCCN(c2cccnn2)C1. The van der Waals surface area contributed by atoms with Gasteiger partial charge in [0, 0.05) is 19.3 Å². The van der Waals surface area contributed by atoms with Crippen LogP contribution < -0.4 is 4.90 Å². The van der Waals surface area contributed by atoms with Crippen LogP contribution in [0.5, 0.6) is 0 Å². The van der Waals surface area contributed by atoms with E-state index < -0.39 is 0 Å². The standard InChI is InChI=1S/C9H13N3O/c13-8-3-2-6-12(7-8)9-4-1-5-10-11-9/h1,4-5,8,13H,2-3,6-7H2. The van der Waals surface area contributed by atoms with Crippen LogP contribution in [-0.2, 0) is 0 Å². The van der Waals surface area contributed by atoms with E-state index in [-0.39, 0.29) is 6.10 Å². The van der Waals surface area contributed by atoms with Crippen molar-refractivity contribution >= 4 is 5.82 Å². The molecule has 1 saturated heterocycles. The number of β-amino-alcohol motifs (C(OH)–C–C–N with tert-alkyl or cyclic N) is 1. The van der Waals surface area contributed by atoms with Crippen molar-refractivity contribution in [3.05, 3.63) is 18.3 Å². The highest BCUT2D eigenvalue weighted by molar-refractivity contribution is 5.36. The molecular formula is C9H13N3O. The van der Waals surface area contributed by atoms with E-state index in [1.807, 2.05) is 12.1 Å². The summed E-state index contributed by atoms with van der Waals surface area (Å²) in [5, 5.41) is 17.3. The maximum absolute atomic E-state index is 9.45. The third-order valence-electron chi connectivity index (χ3n) is 2.28. The molecule has 1 N–H and O–H groups in total. The van der Waals surface area contributed by atoms with Gasteiger partial charge in [-0.15, -0.1) is 5.10 Å². The van der Waals surface area contributed by atoms with Gasteiger partial charge in [-0.1, -0.05) is 0 Å². The van der Waals surface area contributed by atoms with E-state index >= 15 is 0 Å². The molecule has 0 bridgehead atoms. The van der Waals surface area contributed by atoms with E-state index in [4.69, 9.17) is 0 Å². The van der Waals surface area contributed by atoms with Gasteiger partial charge in [0.25, 0.3) is 0 Å². The molecule has 2 heterocycles. The van der Waals surface area contributed by atoms with Crippen molar-refractivity contribution in [2.45, 2.75) is 18.9 Å². The predicted molar refractivity (Wildman–Crippen MR) is 49.5 cm³/mol. The molecule has 1 aromatic rings. The summed E-state index contributed by atoms with van der Waals surface area (Å²) < 4.78 is 0. The molecule has 2 rings (SSSR count). The van der Waals surface area contributed by atoms with Crippen LogP contribution in [0, 0.1) is 0 Å². The number of rotatable bonds is 1. The molecule has 1 aliphatic heterocycles. The third kappa shape index (κ3) is 1.95. The molecule has 1 aromatic heterocycles. The van der Waals surface area contributed by atoms with Crippen molar-refractivity contribution in [3.63, 3.8) is 0 Å². The number of anilines is 1. The summed E-state index contributed by atoms with van der Waals surface area (Å²) in [5.41, 5.74) is 0. The molecule has 0 aromatic carbocycles. The largest absolute Gasteiger partial charge is 0.391 e. The molecule has 4 heteroatoms. The minimum absolute atomic E-state index is 0.212. The molecule has 70 valence electrons. The van der Waals surface area contributed by atoms with Gasteiger partial charge in [0.15, 0.2) is 5.82 Å². The second kappa shape index (κ2) is 3.70. The molecule has 0 amide bonds. The highest BCUT2D eigenvalue weighted by Gasteiger charge is 2.18. The lowest BCUT2D eigenvalue weighted by Crippen LogP contribution is -2.38. The highest BCUT2D eigenvalue weighted by Crippen LogP contribution is 2.15. The van der Waals surface area contributed by atoms with Crippen LogP contribution in [0.15, 0.2) is 18.3 Å². The lowest BCUT2D eigenvalue weighted by atomic mass is 10.1. The van der Waals surface area contributed by atoms with E-state index in [1.54, 1.807) is 6.20 Å². The highest BCUT2D eigenvalue weighted by atomic mass is 16.3. The minimum atomic E-state index is -0.212. The van der Waals surface area contributed by atoms with Crippen molar-refractivity contribution < 1.29 is 5.11 Å². The Bertz CT molecular complexity index is 265. The van der Waals surface area contributed by atoms with Gasteiger partial charge < -0.3 is 10.0 Å². The fourth-order valence-electron chi connectivity index (χ4n) is 1.62. The molecule has 1 unspecified atom stereocenters. The molecule has 4 nitrogen and oxygen atoms in total. The summed E-state index contributed by atoms with van der Waals surface area (Å²) in [7, 11) is 0. The lowest BCUT2D eigenvalue weighted by Gasteiger charge is -2.30. The number of hydrogen-bond donors (Lipinski definition) is 1. The van der Waals surface area contributed by atoms with Gasteiger partial charge >= 0.3 is 0 Å². The number of aliphatic hydroxyl groups is 1. The lowest BCUT2D eigenvalue weighted by molar-refractivity contribution is 0.154. The zero-order chi connectivity index (χ0) is 9.10. The van der Waals surface area contributed by atoms with Crippen LogP contribution in [0.3, 0.4) is 0 Å². The zero-order valence-corrected chi connectivity index (χ0v) is 7.43. The Morgan fingerprint density at radius 3 is 3.15 bits per heavy atom. The van der Waals surface area contributed by atoms with E-state index in [2.05, 4.69) is 15.1 Å². The number of hydrogen-bond acceptors (Lipinski definition) is 4. The van der Waals surface area contributed by atoms with Gasteiger partial charge in [-0.3, -0.25) is 0 Å². The summed E-state index contributed by atoms with van der Waals surface area (Å²) in [6.45, 7) is 1.65. The summed E-state index contributed by atoms with van der Waals surface area (Å²) in [6, 6.07) is 3.79. The Morgan fingerprint density at radius 1 is 1.54 bits per heavy atom. The Kier molecular flexibility index (Phi) is 2.40. The monoisotopic (exact) mass is 179 g/mol. The Labute approximate surface area is 77.2 Å². The van der Waals surface area contributed by atoms with Crippen LogP contribution in [0.1, 0.15) is 12.8 Å². The second-order valence-corrected chi connectivity index (χ2v) is 3.32. The van der Waals surface area contributed by atoms with Crippen LogP contribution in [-0.4, -0.2) is 34.5 Å². The minimum Gasteiger partial charge on any atom is -0.391 e. The van der Waals surface area contributed by atoms with Gasteiger partial charge in [0.1, 0.15) is 0 Å². The van der Waals surface area contributed by atoms with Gasteiger partial charge in [-0.2, -0.15) is 5.10 Å². The van der Waals surface area contributed by atoms with E-state index in [9.17, 15) is 5.11 Å². The Morgan fingerprint density at radius 2 is 2.46 bits per heavy atom. The molecule has 0 spiro atoms. The second-order valence-electron chi connectivity index (χ2n) is 3.32. The maximum Gasteiger partial charge on any atom is 0.151 e. The summed E-state index contributed by atoms with van der Waals surface area (Å²) in [4.78, 5) is 2.07. The van der Waals surface area contributed by atoms with Crippen LogP contribution >= 0.6 is 0 Å². The average Bonchev–Trinajstić information content (AvgIpc) is 2.19. The Hall–Kier alpha value is -1.16. The average molecular weight is 179 g/mol. The van der Waals surface area contributed by atoms with Crippen molar-refractivity contribution in [1.82, 2.24) is 10.2 Å². The quantitative estimate of drug-likeness (QED) is 0.679. The molecule has 0 radical (unpaired) electrons. The summed E-state index contributed by atoms with van der Waals surface area (Å²) >= 11 is 0. The molecule has 13 heavy (non-hydrogen) atoms. The Balaban J connectivity index is 2.08. The van der Waals surface area contributed by atoms with E-state index in [0.29, 0.717) is 6.54 Å². The van der Waals surface area contributed by atoms with E-state index in [0.717, 1.165) is 25.2 Å². The van der Waals surface area contributed by atoms with Crippen LogP contribution in [0.4, 0.5) is 5.82 Å². The number of nitrogens with zero attached hydrogens (tertiary/aromatic N) is 3. The molecule has 1 aliphatic rings. The van der Waals surface area contributed by atoms with Gasteiger partial charge in [-0.25, -0.2) is 0 Å². The fraction of sp³-hybridized carbons (Fsp3) is 0.556. The predicted octanol–water partition coefficient (Wildman–Crippen LogP) is 0.438. The van der Waals surface area contributed by atoms with Gasteiger partial charge in [0.05, 0.1) is 6.10 Å². The molecule has 0 aliphatic carbocycles. The number of piperidine rings is 1. The molecular weight excluding hydrogens is 166 g/mol. The molecule has 0 saturated carbocycles. The van der Waals surface area contributed by atoms with Crippen molar-refractivity contribution in [3.8, 4) is 0 Å². The first-order valence-electron chi connectivity index (χ1n) is 4.57. The smallest absolute Gasteiger partial charge is 0.151 e. The first-order valence-corrected chi connectivity index (χ1v) is 4.57. The maximum atomic E-state index is 9.45. The number of aromatic nitrogens is 2. The summed E-state index contributed by atoms with van der Waals surface area (Å²) in [6.07, 6.45) is 3.37. The van der Waals surface area contributed by atoms with Gasteiger partial charge in [-0.05, 0) is 25.0 Å². The zero-order valence-electron chi connectivity index (χ0n) is 7.43. The van der Waals surface area contributed by atoms with E-state index in [1.165, 1.54) is 0 Å². The van der Waals surface area contributed by atoms with Crippen molar-refractivity contribution in [2.24, 2.45) is 0 Å². The molecule has 1 atom stereocenters. The molecule has 1 fully saturated rings. The number of aliphatic hydroxyl groups excluding tert-OH is 1.